The average Bonchev–Trinajstić information content (AvgIpc) is 3.10. The first-order valence-electron chi connectivity index (χ1n) is 7.57. The van der Waals surface area contributed by atoms with Gasteiger partial charge in [0.25, 0.3) is 5.91 Å². The number of para-hydroxylation sites is 1. The number of methoxy groups -OCH3 is 1. The Morgan fingerprint density at radius 3 is 2.68 bits per heavy atom. The number of hydrogen-bond donors (Lipinski definition) is 1. The van der Waals surface area contributed by atoms with Gasteiger partial charge >= 0.3 is 5.97 Å². The van der Waals surface area contributed by atoms with E-state index in [1.54, 1.807) is 12.1 Å². The Morgan fingerprint density at radius 1 is 1.24 bits per heavy atom. The standard InChI is InChI=1S/C18H15FN2O4/c1-25-16-13(6-3-7-14(16)18(23)24)15-8-9-21(20-15)17(22)11-4-2-5-12(19)10-11/h2-7,10H,8-9H2,1H3,(H,23,24). The number of nitrogens with zero attached hydrogens (tertiary/aromatic N) is 2. The lowest BCUT2D eigenvalue weighted by Crippen LogP contribution is -2.23. The van der Waals surface area contributed by atoms with E-state index in [0.29, 0.717) is 24.2 Å². The van der Waals surface area contributed by atoms with Crippen LogP contribution in [0.5, 0.6) is 5.75 Å². The lowest BCUT2D eigenvalue weighted by atomic mass is 10.0. The van der Waals surface area contributed by atoms with E-state index < -0.39 is 17.7 Å². The van der Waals surface area contributed by atoms with Crippen molar-refractivity contribution >= 4 is 17.6 Å². The fourth-order valence-electron chi connectivity index (χ4n) is 2.72. The Hall–Kier alpha value is -3.22. The molecule has 0 aromatic heterocycles. The van der Waals surface area contributed by atoms with Crippen LogP contribution >= 0.6 is 0 Å². The van der Waals surface area contributed by atoms with Gasteiger partial charge in [-0.25, -0.2) is 14.2 Å². The smallest absolute Gasteiger partial charge is 0.339 e. The molecule has 7 heteroatoms. The maximum absolute atomic E-state index is 13.3. The van der Waals surface area contributed by atoms with Gasteiger partial charge in [0.1, 0.15) is 17.1 Å². The lowest BCUT2D eigenvalue weighted by Gasteiger charge is -2.12. The Kier molecular flexibility index (Phi) is 4.47. The van der Waals surface area contributed by atoms with Crippen molar-refractivity contribution in [1.82, 2.24) is 5.01 Å². The molecule has 0 saturated carbocycles. The molecule has 0 saturated heterocycles. The summed E-state index contributed by atoms with van der Waals surface area (Å²) in [5, 5.41) is 14.8. The molecule has 1 heterocycles. The summed E-state index contributed by atoms with van der Waals surface area (Å²) in [4.78, 5) is 23.7. The van der Waals surface area contributed by atoms with Crippen LogP contribution in [0.3, 0.4) is 0 Å². The van der Waals surface area contributed by atoms with E-state index in [9.17, 15) is 19.1 Å². The normalized spacial score (nSPS) is 13.5. The molecule has 0 aliphatic carbocycles. The zero-order chi connectivity index (χ0) is 18.0. The van der Waals surface area contributed by atoms with Crippen LogP contribution < -0.4 is 4.74 Å². The molecule has 128 valence electrons. The van der Waals surface area contributed by atoms with Gasteiger partial charge < -0.3 is 9.84 Å². The second kappa shape index (κ2) is 6.72. The zero-order valence-corrected chi connectivity index (χ0v) is 13.4. The minimum atomic E-state index is -1.11. The predicted octanol–water partition coefficient (Wildman–Crippen LogP) is 2.78. The lowest BCUT2D eigenvalue weighted by molar-refractivity contribution is 0.0692. The van der Waals surface area contributed by atoms with Crippen LogP contribution in [0.2, 0.25) is 0 Å². The highest BCUT2D eigenvalue weighted by Gasteiger charge is 2.26. The number of ether oxygens (including phenoxy) is 1. The molecule has 1 N–H and O–H groups in total. The first kappa shape index (κ1) is 16.6. The Bertz CT molecular complexity index is 879. The van der Waals surface area contributed by atoms with Crippen molar-refractivity contribution in [3.63, 3.8) is 0 Å². The average molecular weight is 342 g/mol. The molecule has 2 aromatic rings. The summed E-state index contributed by atoms with van der Waals surface area (Å²) in [6, 6.07) is 10.1. The SMILES string of the molecule is COc1c(C(=O)O)cccc1C1=NN(C(=O)c2cccc(F)c2)CC1. The van der Waals surface area contributed by atoms with Gasteiger partial charge in [-0.2, -0.15) is 5.10 Å². The second-order valence-corrected chi connectivity index (χ2v) is 5.43. The molecule has 6 nitrogen and oxygen atoms in total. The molecule has 25 heavy (non-hydrogen) atoms. The topological polar surface area (TPSA) is 79.2 Å². The number of carbonyl (C=O) groups is 2. The summed E-state index contributed by atoms with van der Waals surface area (Å²) < 4.78 is 18.5. The minimum Gasteiger partial charge on any atom is -0.495 e. The highest BCUT2D eigenvalue weighted by molar-refractivity contribution is 6.08. The molecule has 3 rings (SSSR count). The molecular weight excluding hydrogens is 327 g/mol. The summed E-state index contributed by atoms with van der Waals surface area (Å²) in [6.45, 7) is 0.325. The molecule has 1 aliphatic rings. The van der Waals surface area contributed by atoms with E-state index >= 15 is 0 Å². The fraction of sp³-hybridized carbons (Fsp3) is 0.167. The summed E-state index contributed by atoms with van der Waals surface area (Å²) in [6.07, 6.45) is 0.445. The van der Waals surface area contributed by atoms with Gasteiger partial charge in [0.05, 0.1) is 19.4 Å². The highest BCUT2D eigenvalue weighted by atomic mass is 19.1. The molecule has 0 atom stereocenters. The van der Waals surface area contributed by atoms with Crippen molar-refractivity contribution in [1.29, 1.82) is 0 Å². The number of carboxylic acids is 1. The van der Waals surface area contributed by atoms with Gasteiger partial charge in [-0.3, -0.25) is 4.79 Å². The predicted molar refractivity (Wildman–Crippen MR) is 88.5 cm³/mol. The van der Waals surface area contributed by atoms with E-state index in [-0.39, 0.29) is 16.9 Å². The Labute approximate surface area is 143 Å². The van der Waals surface area contributed by atoms with Crippen molar-refractivity contribution in [3.8, 4) is 5.75 Å². The van der Waals surface area contributed by atoms with Crippen LogP contribution in [0, 0.1) is 5.82 Å². The number of halogens is 1. The number of carboxylic acid groups (broad SMARTS) is 1. The van der Waals surface area contributed by atoms with Crippen LogP contribution in [0.25, 0.3) is 0 Å². The number of hydrogen-bond acceptors (Lipinski definition) is 4. The van der Waals surface area contributed by atoms with Crippen LogP contribution in [-0.2, 0) is 0 Å². The number of benzene rings is 2. The van der Waals surface area contributed by atoms with Crippen molar-refractivity contribution in [2.45, 2.75) is 6.42 Å². The Balaban J connectivity index is 1.93. The largest absolute Gasteiger partial charge is 0.495 e. The van der Waals surface area contributed by atoms with Crippen LogP contribution in [0.15, 0.2) is 47.6 Å². The van der Waals surface area contributed by atoms with Crippen LogP contribution in [0.1, 0.15) is 32.7 Å². The van der Waals surface area contributed by atoms with Crippen molar-refractivity contribution in [3.05, 3.63) is 65.0 Å². The third-order valence-electron chi connectivity index (χ3n) is 3.87. The van der Waals surface area contributed by atoms with Gasteiger partial charge in [-0.1, -0.05) is 12.1 Å². The summed E-state index contributed by atoms with van der Waals surface area (Å²) in [5.74, 6) is -1.81. The van der Waals surface area contributed by atoms with Crippen molar-refractivity contribution in [2.75, 3.05) is 13.7 Å². The van der Waals surface area contributed by atoms with Crippen molar-refractivity contribution < 1.29 is 23.8 Å². The summed E-state index contributed by atoms with van der Waals surface area (Å²) in [7, 11) is 1.39. The monoisotopic (exact) mass is 342 g/mol. The number of aromatic carboxylic acids is 1. The van der Waals surface area contributed by atoms with Crippen LogP contribution in [0.4, 0.5) is 4.39 Å². The fourth-order valence-corrected chi connectivity index (χ4v) is 2.72. The second-order valence-electron chi connectivity index (χ2n) is 5.43. The highest BCUT2D eigenvalue weighted by Crippen LogP contribution is 2.28. The number of amides is 1. The molecular formula is C18H15FN2O4. The first-order chi connectivity index (χ1) is 12.0. The summed E-state index contributed by atoms with van der Waals surface area (Å²) in [5.41, 5.74) is 1.30. The van der Waals surface area contributed by atoms with Gasteiger partial charge in [-0.15, -0.1) is 0 Å². The molecule has 0 spiro atoms. The molecule has 0 radical (unpaired) electrons. The molecule has 0 unspecified atom stereocenters. The van der Waals surface area contributed by atoms with E-state index in [4.69, 9.17) is 4.74 Å². The van der Waals surface area contributed by atoms with Gasteiger partial charge in [0, 0.05) is 17.5 Å². The first-order valence-corrected chi connectivity index (χ1v) is 7.57. The van der Waals surface area contributed by atoms with Crippen LogP contribution in [-0.4, -0.2) is 41.4 Å². The Morgan fingerprint density at radius 2 is 2.00 bits per heavy atom. The van der Waals surface area contributed by atoms with E-state index in [0.717, 1.165) is 6.07 Å². The third-order valence-corrected chi connectivity index (χ3v) is 3.87. The molecule has 1 aliphatic heterocycles. The number of carbonyl (C=O) groups excluding carboxylic acids is 1. The molecule has 1 amide bonds. The molecule has 0 bridgehead atoms. The van der Waals surface area contributed by atoms with E-state index in [1.165, 1.54) is 36.4 Å². The summed E-state index contributed by atoms with van der Waals surface area (Å²) >= 11 is 0. The molecule has 0 fully saturated rings. The van der Waals surface area contributed by atoms with Gasteiger partial charge in [0.2, 0.25) is 0 Å². The van der Waals surface area contributed by atoms with E-state index in [2.05, 4.69) is 5.10 Å². The minimum absolute atomic E-state index is 0.0256. The number of hydrazone groups is 1. The van der Waals surface area contributed by atoms with Gasteiger partial charge in [0.15, 0.2) is 0 Å². The maximum Gasteiger partial charge on any atom is 0.339 e. The quantitative estimate of drug-likeness (QED) is 0.927. The van der Waals surface area contributed by atoms with E-state index in [1.807, 2.05) is 0 Å². The third kappa shape index (κ3) is 3.21. The number of rotatable bonds is 4. The van der Waals surface area contributed by atoms with Crippen molar-refractivity contribution in [2.24, 2.45) is 5.10 Å². The maximum atomic E-state index is 13.3. The van der Waals surface area contributed by atoms with Gasteiger partial charge in [-0.05, 0) is 30.3 Å². The molecule has 2 aromatic carbocycles. The zero-order valence-electron chi connectivity index (χ0n) is 13.4.